The highest BCUT2D eigenvalue weighted by atomic mass is 16.5. The van der Waals surface area contributed by atoms with Gasteiger partial charge >= 0.3 is 0 Å². The largest absolute Gasteiger partial charge is 0.494 e. The molecule has 0 atom stereocenters. The minimum atomic E-state index is 0.575. The molecular formula is C10H13N5O. The number of para-hydroxylation sites is 1. The number of aryl methyl sites for hydroxylation is 1. The topological polar surface area (TPSA) is 78.9 Å². The molecule has 0 aliphatic heterocycles. The minimum Gasteiger partial charge on any atom is -0.494 e. The zero-order valence-corrected chi connectivity index (χ0v) is 9.21. The van der Waals surface area contributed by atoms with Crippen LogP contribution in [0.25, 0.3) is 11.4 Å². The van der Waals surface area contributed by atoms with Crippen LogP contribution in [0.5, 0.6) is 5.75 Å². The SMILES string of the molecule is CCn1nnnc1-c1cccc(N)c1OC. The Morgan fingerprint density at radius 3 is 2.94 bits per heavy atom. The Morgan fingerprint density at radius 1 is 1.44 bits per heavy atom. The van der Waals surface area contributed by atoms with Gasteiger partial charge in [0, 0.05) is 6.54 Å². The van der Waals surface area contributed by atoms with E-state index in [1.54, 1.807) is 17.9 Å². The van der Waals surface area contributed by atoms with Crippen molar-refractivity contribution in [3.8, 4) is 17.1 Å². The van der Waals surface area contributed by atoms with E-state index >= 15 is 0 Å². The lowest BCUT2D eigenvalue weighted by atomic mass is 10.1. The lowest BCUT2D eigenvalue weighted by Gasteiger charge is -2.09. The molecule has 0 fully saturated rings. The van der Waals surface area contributed by atoms with Gasteiger partial charge in [-0.15, -0.1) is 5.10 Å². The highest BCUT2D eigenvalue weighted by Crippen LogP contribution is 2.32. The quantitative estimate of drug-likeness (QED) is 0.777. The average molecular weight is 219 g/mol. The standard InChI is InChI=1S/C10H13N5O/c1-3-15-10(12-13-14-15)7-5-4-6-8(11)9(7)16-2/h4-6H,3,11H2,1-2H3. The first-order valence-corrected chi connectivity index (χ1v) is 4.97. The fraction of sp³-hybridized carbons (Fsp3) is 0.300. The van der Waals surface area contributed by atoms with Crippen molar-refractivity contribution >= 4 is 5.69 Å². The molecule has 0 amide bonds. The van der Waals surface area contributed by atoms with Gasteiger partial charge in [-0.25, -0.2) is 4.68 Å². The fourth-order valence-electron chi connectivity index (χ4n) is 1.57. The third kappa shape index (κ3) is 1.58. The summed E-state index contributed by atoms with van der Waals surface area (Å²) < 4.78 is 6.96. The number of hydrogen-bond donors (Lipinski definition) is 1. The van der Waals surface area contributed by atoms with Crippen LogP contribution >= 0.6 is 0 Å². The third-order valence-electron chi connectivity index (χ3n) is 2.32. The van der Waals surface area contributed by atoms with E-state index in [1.165, 1.54) is 0 Å². The number of rotatable bonds is 3. The van der Waals surface area contributed by atoms with Crippen molar-refractivity contribution in [2.45, 2.75) is 13.5 Å². The van der Waals surface area contributed by atoms with Gasteiger partial charge in [-0.05, 0) is 29.5 Å². The van der Waals surface area contributed by atoms with Gasteiger partial charge in [0.2, 0.25) is 0 Å². The van der Waals surface area contributed by atoms with Gasteiger partial charge in [0.05, 0.1) is 18.4 Å². The van der Waals surface area contributed by atoms with Gasteiger partial charge in [-0.3, -0.25) is 0 Å². The predicted molar refractivity (Wildman–Crippen MR) is 59.9 cm³/mol. The molecule has 0 spiro atoms. The van der Waals surface area contributed by atoms with Gasteiger partial charge in [-0.1, -0.05) is 6.07 Å². The molecule has 0 aliphatic rings. The summed E-state index contributed by atoms with van der Waals surface area (Å²) >= 11 is 0. The molecule has 2 N–H and O–H groups in total. The van der Waals surface area contributed by atoms with E-state index in [4.69, 9.17) is 10.5 Å². The first kappa shape index (κ1) is 10.4. The third-order valence-corrected chi connectivity index (χ3v) is 2.32. The maximum Gasteiger partial charge on any atom is 0.185 e. The molecule has 84 valence electrons. The second kappa shape index (κ2) is 4.18. The molecule has 1 heterocycles. The van der Waals surface area contributed by atoms with E-state index in [-0.39, 0.29) is 0 Å². The Bertz CT molecular complexity index is 494. The maximum atomic E-state index is 5.83. The van der Waals surface area contributed by atoms with Crippen LogP contribution in [-0.4, -0.2) is 27.3 Å². The Morgan fingerprint density at radius 2 is 2.25 bits per heavy atom. The van der Waals surface area contributed by atoms with Crippen LogP contribution in [0.3, 0.4) is 0 Å². The smallest absolute Gasteiger partial charge is 0.185 e. The molecule has 0 bridgehead atoms. The zero-order chi connectivity index (χ0) is 11.5. The molecular weight excluding hydrogens is 206 g/mol. The van der Waals surface area contributed by atoms with Crippen LogP contribution in [0.15, 0.2) is 18.2 Å². The number of aromatic nitrogens is 4. The van der Waals surface area contributed by atoms with Crippen LogP contribution in [0.1, 0.15) is 6.92 Å². The van der Waals surface area contributed by atoms with Crippen molar-refractivity contribution < 1.29 is 4.74 Å². The highest BCUT2D eigenvalue weighted by molar-refractivity contribution is 5.73. The van der Waals surface area contributed by atoms with Gasteiger partial charge in [0.25, 0.3) is 0 Å². The summed E-state index contributed by atoms with van der Waals surface area (Å²) in [6.07, 6.45) is 0. The van der Waals surface area contributed by atoms with Gasteiger partial charge in [0.1, 0.15) is 0 Å². The number of nitrogens with two attached hydrogens (primary N) is 1. The Labute approximate surface area is 93.0 Å². The van der Waals surface area contributed by atoms with Crippen molar-refractivity contribution in [3.05, 3.63) is 18.2 Å². The monoisotopic (exact) mass is 219 g/mol. The van der Waals surface area contributed by atoms with Crippen LogP contribution in [0, 0.1) is 0 Å². The van der Waals surface area contributed by atoms with Crippen molar-refractivity contribution in [1.82, 2.24) is 20.2 Å². The molecule has 6 heteroatoms. The predicted octanol–water partition coefficient (Wildman–Crippen LogP) is 0.951. The Hall–Kier alpha value is -2.11. The number of tetrazole rings is 1. The normalized spacial score (nSPS) is 10.4. The molecule has 0 saturated heterocycles. The molecule has 2 aromatic rings. The Balaban J connectivity index is 2.60. The molecule has 0 aliphatic carbocycles. The molecule has 1 aromatic carbocycles. The van der Waals surface area contributed by atoms with Gasteiger partial charge < -0.3 is 10.5 Å². The van der Waals surface area contributed by atoms with E-state index in [2.05, 4.69) is 15.5 Å². The van der Waals surface area contributed by atoms with Gasteiger partial charge in [0.15, 0.2) is 11.6 Å². The Kier molecular flexibility index (Phi) is 2.72. The number of methoxy groups -OCH3 is 1. The summed E-state index contributed by atoms with van der Waals surface area (Å²) in [6.45, 7) is 2.67. The first-order valence-electron chi connectivity index (χ1n) is 4.97. The molecule has 0 unspecified atom stereocenters. The summed E-state index contributed by atoms with van der Waals surface area (Å²) in [5, 5.41) is 11.5. The van der Waals surface area contributed by atoms with Gasteiger partial charge in [-0.2, -0.15) is 0 Å². The van der Waals surface area contributed by atoms with Crippen LogP contribution in [0.2, 0.25) is 0 Å². The minimum absolute atomic E-state index is 0.575. The first-order chi connectivity index (χ1) is 7.77. The number of nitrogens with zero attached hydrogens (tertiary/aromatic N) is 4. The average Bonchev–Trinajstić information content (AvgIpc) is 2.76. The lowest BCUT2D eigenvalue weighted by Crippen LogP contribution is -2.02. The van der Waals surface area contributed by atoms with Crippen LogP contribution in [-0.2, 0) is 6.54 Å². The van der Waals surface area contributed by atoms with Crippen molar-refractivity contribution in [1.29, 1.82) is 0 Å². The highest BCUT2D eigenvalue weighted by Gasteiger charge is 2.14. The van der Waals surface area contributed by atoms with Crippen molar-refractivity contribution in [3.63, 3.8) is 0 Å². The summed E-state index contributed by atoms with van der Waals surface area (Å²) in [7, 11) is 1.58. The molecule has 0 radical (unpaired) electrons. The van der Waals surface area contributed by atoms with E-state index in [0.29, 0.717) is 23.8 Å². The van der Waals surface area contributed by atoms with E-state index in [0.717, 1.165) is 5.56 Å². The maximum absolute atomic E-state index is 5.83. The molecule has 16 heavy (non-hydrogen) atoms. The molecule has 6 nitrogen and oxygen atoms in total. The van der Waals surface area contributed by atoms with Crippen molar-refractivity contribution in [2.24, 2.45) is 0 Å². The lowest BCUT2D eigenvalue weighted by molar-refractivity contribution is 0.418. The van der Waals surface area contributed by atoms with E-state index in [9.17, 15) is 0 Å². The number of hydrogen-bond acceptors (Lipinski definition) is 5. The molecule has 0 saturated carbocycles. The zero-order valence-electron chi connectivity index (χ0n) is 9.21. The fourth-order valence-corrected chi connectivity index (χ4v) is 1.57. The second-order valence-electron chi connectivity index (χ2n) is 3.25. The van der Waals surface area contributed by atoms with E-state index in [1.807, 2.05) is 19.1 Å². The molecule has 2 rings (SSSR count). The number of benzene rings is 1. The number of anilines is 1. The van der Waals surface area contributed by atoms with Crippen molar-refractivity contribution in [2.75, 3.05) is 12.8 Å². The van der Waals surface area contributed by atoms with Crippen LogP contribution < -0.4 is 10.5 Å². The summed E-state index contributed by atoms with van der Waals surface area (Å²) in [5.74, 6) is 1.26. The van der Waals surface area contributed by atoms with E-state index < -0.39 is 0 Å². The summed E-state index contributed by atoms with van der Waals surface area (Å²) in [5.41, 5.74) is 7.20. The van der Waals surface area contributed by atoms with Crippen LogP contribution in [0.4, 0.5) is 5.69 Å². The number of ether oxygens (including phenoxy) is 1. The summed E-state index contributed by atoms with van der Waals surface area (Å²) in [6, 6.07) is 5.51. The summed E-state index contributed by atoms with van der Waals surface area (Å²) in [4.78, 5) is 0. The second-order valence-corrected chi connectivity index (χ2v) is 3.25. The molecule has 1 aromatic heterocycles. The number of nitrogen functional groups attached to an aromatic ring is 1.